The first-order valence-electron chi connectivity index (χ1n) is 15.0. The van der Waals surface area contributed by atoms with Gasteiger partial charge in [0.05, 0.1) is 24.4 Å². The Bertz CT molecular complexity index is 2020. The number of aryl methyl sites for hydroxylation is 2. The highest BCUT2D eigenvalue weighted by Gasteiger charge is 2.36. The second-order valence-electron chi connectivity index (χ2n) is 11.3. The normalized spacial score (nSPS) is 11.4. The summed E-state index contributed by atoms with van der Waals surface area (Å²) in [4.78, 5) is 28.9. The largest absolute Gasteiger partial charge is 0.461 e. The van der Waals surface area contributed by atoms with Crippen molar-refractivity contribution in [3.63, 3.8) is 0 Å². The summed E-state index contributed by atoms with van der Waals surface area (Å²) in [5.74, 6) is 0.426. The lowest BCUT2D eigenvalue weighted by Gasteiger charge is -2.19. The minimum atomic E-state index is -4.90. The smallest absolute Gasteiger partial charge is 0.417 e. The molecule has 0 aliphatic rings. The Kier molecular flexibility index (Phi) is 9.82. The van der Waals surface area contributed by atoms with Crippen LogP contribution in [0, 0.1) is 25.2 Å². The maximum absolute atomic E-state index is 14.0. The van der Waals surface area contributed by atoms with Crippen molar-refractivity contribution in [2.75, 3.05) is 20.2 Å². The van der Waals surface area contributed by atoms with Gasteiger partial charge in [-0.05, 0) is 112 Å². The van der Waals surface area contributed by atoms with Gasteiger partial charge in [0.1, 0.15) is 28.8 Å². The standard InChI is InChI=1S/C36H33F3N4O4/c1-22-6-7-25(23(2)16-22)21-43-33(19-30(36(37,38)39)29(20-40)34(43)44)24-8-10-27(11-9-24)47-28-12-13-31-26(17-28)18-32(42-31)35(45)46-15-5-4-14-41-3/h6-13,16-19,41-42H,4-5,14-15,21H2,1-3H3. The van der Waals surface area contributed by atoms with E-state index in [9.17, 15) is 28.0 Å². The van der Waals surface area contributed by atoms with Crippen molar-refractivity contribution in [2.24, 2.45) is 0 Å². The number of H-pyrrole nitrogens is 1. The van der Waals surface area contributed by atoms with E-state index in [-0.39, 0.29) is 12.2 Å². The molecule has 0 amide bonds. The third-order valence-corrected chi connectivity index (χ3v) is 7.80. The van der Waals surface area contributed by atoms with Gasteiger partial charge in [0.25, 0.3) is 5.56 Å². The number of nitrogens with zero attached hydrogens (tertiary/aromatic N) is 2. The highest BCUT2D eigenvalue weighted by atomic mass is 19.4. The van der Waals surface area contributed by atoms with E-state index in [1.165, 1.54) is 10.6 Å². The van der Waals surface area contributed by atoms with Crippen molar-refractivity contribution < 1.29 is 27.4 Å². The predicted molar refractivity (Wildman–Crippen MR) is 173 cm³/mol. The van der Waals surface area contributed by atoms with Gasteiger partial charge in [-0.25, -0.2) is 4.79 Å². The van der Waals surface area contributed by atoms with E-state index in [0.717, 1.165) is 53.0 Å². The number of aromatic amines is 1. The average Bonchev–Trinajstić information content (AvgIpc) is 3.46. The topological polar surface area (TPSA) is 109 Å². The maximum atomic E-state index is 14.0. The van der Waals surface area contributed by atoms with Gasteiger partial charge in [0.2, 0.25) is 0 Å². The number of halogens is 3. The molecule has 11 heteroatoms. The number of pyridine rings is 1. The summed E-state index contributed by atoms with van der Waals surface area (Å²) in [6.07, 6.45) is -3.25. The fourth-order valence-corrected chi connectivity index (χ4v) is 5.33. The number of ether oxygens (including phenoxy) is 2. The van der Waals surface area contributed by atoms with E-state index < -0.39 is 28.8 Å². The molecule has 47 heavy (non-hydrogen) atoms. The zero-order valence-corrected chi connectivity index (χ0v) is 26.1. The number of rotatable bonds is 11. The molecule has 8 nitrogen and oxygen atoms in total. The first-order valence-corrected chi connectivity index (χ1v) is 15.0. The Morgan fingerprint density at radius 1 is 0.979 bits per heavy atom. The van der Waals surface area contributed by atoms with E-state index in [4.69, 9.17) is 9.47 Å². The molecule has 0 aliphatic heterocycles. The van der Waals surface area contributed by atoms with Crippen molar-refractivity contribution in [3.05, 3.63) is 117 Å². The number of hydrogen-bond acceptors (Lipinski definition) is 6. The number of unbranched alkanes of at least 4 members (excludes halogenated alkanes) is 1. The lowest BCUT2D eigenvalue weighted by molar-refractivity contribution is -0.137. The molecule has 5 rings (SSSR count). The number of aromatic nitrogens is 2. The molecule has 0 radical (unpaired) electrons. The summed E-state index contributed by atoms with van der Waals surface area (Å²) >= 11 is 0. The van der Waals surface area contributed by atoms with Gasteiger partial charge < -0.3 is 24.3 Å². The second-order valence-corrected chi connectivity index (χ2v) is 11.3. The minimum Gasteiger partial charge on any atom is -0.461 e. The molecule has 0 unspecified atom stereocenters. The van der Waals surface area contributed by atoms with Crippen molar-refractivity contribution in [2.45, 2.75) is 39.4 Å². The third-order valence-electron chi connectivity index (χ3n) is 7.80. The summed E-state index contributed by atoms with van der Waals surface area (Å²) in [6.45, 7) is 4.93. The number of carbonyl (C=O) groups is 1. The summed E-state index contributed by atoms with van der Waals surface area (Å²) in [6, 6.07) is 21.1. The number of nitriles is 1. The first kappa shape index (κ1) is 33.0. The van der Waals surface area contributed by atoms with Crippen molar-refractivity contribution in [3.8, 4) is 28.8 Å². The molecule has 0 aliphatic carbocycles. The summed E-state index contributed by atoms with van der Waals surface area (Å²) < 4.78 is 54.5. The molecule has 2 aromatic heterocycles. The average molecular weight is 643 g/mol. The van der Waals surface area contributed by atoms with Gasteiger partial charge in [-0.3, -0.25) is 4.79 Å². The van der Waals surface area contributed by atoms with Crippen molar-refractivity contribution in [1.29, 1.82) is 5.26 Å². The van der Waals surface area contributed by atoms with E-state index in [2.05, 4.69) is 10.3 Å². The van der Waals surface area contributed by atoms with E-state index in [1.807, 2.05) is 39.1 Å². The van der Waals surface area contributed by atoms with Crippen LogP contribution in [0.25, 0.3) is 22.2 Å². The SMILES string of the molecule is CNCCCCOC(=O)c1cc2cc(Oc3ccc(-c4cc(C(F)(F)F)c(C#N)c(=O)n4Cc4ccc(C)cc4C)cc3)ccc2[nH]1. The molecule has 0 saturated carbocycles. The molecule has 0 bridgehead atoms. The van der Waals surface area contributed by atoms with Gasteiger partial charge in [0.15, 0.2) is 0 Å². The van der Waals surface area contributed by atoms with Crippen LogP contribution in [-0.4, -0.2) is 35.7 Å². The molecular formula is C36H33F3N4O4. The molecular weight excluding hydrogens is 609 g/mol. The number of alkyl halides is 3. The number of esters is 1. The Balaban J connectivity index is 1.41. The fourth-order valence-electron chi connectivity index (χ4n) is 5.33. The fraction of sp³-hybridized carbons (Fsp3) is 0.250. The Morgan fingerprint density at radius 3 is 2.40 bits per heavy atom. The van der Waals surface area contributed by atoms with Gasteiger partial charge in [-0.1, -0.05) is 23.8 Å². The van der Waals surface area contributed by atoms with E-state index in [0.29, 0.717) is 29.4 Å². The Morgan fingerprint density at radius 2 is 1.72 bits per heavy atom. The van der Waals surface area contributed by atoms with Gasteiger partial charge in [0, 0.05) is 10.9 Å². The zero-order chi connectivity index (χ0) is 33.7. The maximum Gasteiger partial charge on any atom is 0.417 e. The number of hydrogen-bond donors (Lipinski definition) is 2. The summed E-state index contributed by atoms with van der Waals surface area (Å²) in [7, 11) is 1.87. The van der Waals surface area contributed by atoms with Crippen LogP contribution >= 0.6 is 0 Å². The summed E-state index contributed by atoms with van der Waals surface area (Å²) in [5.41, 5.74) is 0.755. The highest BCUT2D eigenvalue weighted by Crippen LogP contribution is 2.35. The Labute approximate surface area is 269 Å². The predicted octanol–water partition coefficient (Wildman–Crippen LogP) is 7.50. The first-order chi connectivity index (χ1) is 22.5. The molecule has 0 saturated heterocycles. The second kappa shape index (κ2) is 14.0. The number of fused-ring (bicyclic) bond motifs is 1. The van der Waals surface area contributed by atoms with Gasteiger partial charge >= 0.3 is 12.1 Å². The minimum absolute atomic E-state index is 0.0167. The van der Waals surface area contributed by atoms with Crippen LogP contribution in [0.4, 0.5) is 13.2 Å². The molecule has 2 N–H and O–H groups in total. The lowest BCUT2D eigenvalue weighted by atomic mass is 10.0. The van der Waals surface area contributed by atoms with E-state index in [1.54, 1.807) is 48.5 Å². The lowest BCUT2D eigenvalue weighted by Crippen LogP contribution is -2.29. The molecule has 3 aromatic carbocycles. The molecule has 0 spiro atoms. The number of benzene rings is 3. The van der Waals surface area contributed by atoms with Crippen LogP contribution in [-0.2, 0) is 17.5 Å². The molecule has 2 heterocycles. The van der Waals surface area contributed by atoms with Crippen LogP contribution in [0.5, 0.6) is 11.5 Å². The third kappa shape index (κ3) is 7.56. The quantitative estimate of drug-likeness (QED) is 0.114. The van der Waals surface area contributed by atoms with E-state index >= 15 is 0 Å². The van der Waals surface area contributed by atoms with Crippen LogP contribution < -0.4 is 15.6 Å². The summed E-state index contributed by atoms with van der Waals surface area (Å²) in [5, 5.41) is 13.3. The van der Waals surface area contributed by atoms with Gasteiger partial charge in [-0.15, -0.1) is 0 Å². The molecule has 0 fully saturated rings. The van der Waals surface area contributed by atoms with Crippen LogP contribution in [0.3, 0.4) is 0 Å². The van der Waals surface area contributed by atoms with Crippen molar-refractivity contribution in [1.82, 2.24) is 14.9 Å². The zero-order valence-electron chi connectivity index (χ0n) is 26.1. The van der Waals surface area contributed by atoms with Gasteiger partial charge in [-0.2, -0.15) is 18.4 Å². The number of carbonyl (C=O) groups excluding carboxylic acids is 1. The molecule has 0 atom stereocenters. The Hall–Kier alpha value is -5.34. The monoisotopic (exact) mass is 642 g/mol. The molecule has 242 valence electrons. The van der Waals surface area contributed by atoms with Crippen LogP contribution in [0.15, 0.2) is 77.6 Å². The highest BCUT2D eigenvalue weighted by molar-refractivity contribution is 5.95. The van der Waals surface area contributed by atoms with Crippen molar-refractivity contribution >= 4 is 16.9 Å². The molecule has 5 aromatic rings. The van der Waals surface area contributed by atoms with Crippen LogP contribution in [0.1, 0.15) is 51.1 Å². The number of nitrogens with one attached hydrogen (secondary N) is 2. The van der Waals surface area contributed by atoms with Crippen LogP contribution in [0.2, 0.25) is 0 Å².